The number of hydrogen-bond acceptors (Lipinski definition) is 7. The summed E-state index contributed by atoms with van der Waals surface area (Å²) in [7, 11) is 3.15. The molecule has 0 fully saturated rings. The zero-order chi connectivity index (χ0) is 27.7. The van der Waals surface area contributed by atoms with Gasteiger partial charge in [-0.05, 0) is 62.2 Å². The average molecular weight is 543 g/mol. The first-order chi connectivity index (χ1) is 18.2. The molecule has 1 aromatic heterocycles. The molecule has 0 aliphatic heterocycles. The van der Waals surface area contributed by atoms with E-state index in [1.807, 2.05) is 18.2 Å². The van der Waals surface area contributed by atoms with E-state index >= 15 is 0 Å². The second kappa shape index (κ2) is 13.5. The van der Waals surface area contributed by atoms with Gasteiger partial charge >= 0.3 is 0 Å². The molecule has 0 saturated heterocycles. The number of ether oxygens (including phenoxy) is 2. The fraction of sp³-hybridized carbons (Fsp3) is 0.333. The third-order valence-electron chi connectivity index (χ3n) is 5.61. The van der Waals surface area contributed by atoms with Crippen LogP contribution in [0.3, 0.4) is 0 Å². The fourth-order valence-corrected chi connectivity index (χ4v) is 4.34. The van der Waals surface area contributed by atoms with Gasteiger partial charge in [-0.2, -0.15) is 0 Å². The smallest absolute Gasteiger partial charge is 0.254 e. The normalized spacial score (nSPS) is 10.7. The Kier molecular flexibility index (Phi) is 10.2. The van der Waals surface area contributed by atoms with Crippen LogP contribution in [0.15, 0.2) is 47.8 Å². The number of aromatic nitrogens is 1. The number of halogens is 1. The van der Waals surface area contributed by atoms with Gasteiger partial charge in [0.2, 0.25) is 11.8 Å². The Hall–Kier alpha value is -3.99. The van der Waals surface area contributed by atoms with Gasteiger partial charge in [0.1, 0.15) is 12.4 Å². The minimum absolute atomic E-state index is 0.0689. The van der Waals surface area contributed by atoms with Crippen LogP contribution in [0.4, 0.5) is 9.52 Å². The van der Waals surface area contributed by atoms with Gasteiger partial charge in [-0.15, -0.1) is 11.3 Å². The maximum Gasteiger partial charge on any atom is 0.254 e. The summed E-state index contributed by atoms with van der Waals surface area (Å²) in [5.41, 5.74) is 1.81. The standard InChI is InChI=1S/C27H31FN4O5S/c1-17(2)32(26(35)19-6-8-20(28)9-7-19)15-25(34)31-27-30-21(16-38-27)14-24(33)29-12-11-18-5-10-22(36-3)23(13-18)37-4/h5-10,13,16-17H,11-12,14-15H2,1-4H3,(H,29,33)(H,30,31,34). The molecule has 2 aromatic carbocycles. The fourth-order valence-electron chi connectivity index (χ4n) is 3.62. The molecule has 38 heavy (non-hydrogen) atoms. The van der Waals surface area contributed by atoms with E-state index < -0.39 is 11.7 Å². The molecule has 9 nitrogen and oxygen atoms in total. The van der Waals surface area contributed by atoms with Crippen LogP contribution in [0, 0.1) is 5.82 Å². The number of nitrogens with zero attached hydrogens (tertiary/aromatic N) is 2. The molecule has 0 bridgehead atoms. The maximum absolute atomic E-state index is 13.2. The lowest BCUT2D eigenvalue weighted by Gasteiger charge is -2.26. The Morgan fingerprint density at radius 1 is 1.03 bits per heavy atom. The van der Waals surface area contributed by atoms with E-state index in [4.69, 9.17) is 9.47 Å². The highest BCUT2D eigenvalue weighted by Gasteiger charge is 2.22. The highest BCUT2D eigenvalue weighted by atomic mass is 32.1. The first-order valence-electron chi connectivity index (χ1n) is 12.0. The summed E-state index contributed by atoms with van der Waals surface area (Å²) in [6.07, 6.45) is 0.687. The van der Waals surface area contributed by atoms with Crippen LogP contribution < -0.4 is 20.1 Å². The first-order valence-corrected chi connectivity index (χ1v) is 12.9. The first kappa shape index (κ1) is 28.6. The predicted octanol–water partition coefficient (Wildman–Crippen LogP) is 3.69. The Balaban J connectivity index is 1.48. The van der Waals surface area contributed by atoms with E-state index in [0.717, 1.165) is 5.56 Å². The molecule has 0 aliphatic rings. The van der Waals surface area contributed by atoms with Crippen LogP contribution in [0.2, 0.25) is 0 Å². The number of rotatable bonds is 12. The molecular formula is C27H31FN4O5S. The third kappa shape index (κ3) is 8.01. The van der Waals surface area contributed by atoms with Crippen molar-refractivity contribution in [2.45, 2.75) is 32.7 Å². The molecule has 0 unspecified atom stereocenters. The second-order valence-electron chi connectivity index (χ2n) is 8.69. The lowest BCUT2D eigenvalue weighted by Crippen LogP contribution is -2.42. The van der Waals surface area contributed by atoms with Crippen molar-refractivity contribution in [2.24, 2.45) is 0 Å². The van der Waals surface area contributed by atoms with Crippen LogP contribution >= 0.6 is 11.3 Å². The molecule has 0 radical (unpaired) electrons. The number of anilines is 1. The summed E-state index contributed by atoms with van der Waals surface area (Å²) < 4.78 is 23.7. The van der Waals surface area contributed by atoms with E-state index in [0.29, 0.717) is 40.9 Å². The second-order valence-corrected chi connectivity index (χ2v) is 9.55. The molecular weight excluding hydrogens is 511 g/mol. The van der Waals surface area contributed by atoms with Crippen molar-refractivity contribution >= 4 is 34.2 Å². The zero-order valence-corrected chi connectivity index (χ0v) is 22.6. The molecule has 3 amide bonds. The summed E-state index contributed by atoms with van der Waals surface area (Å²) >= 11 is 1.20. The van der Waals surface area contributed by atoms with Crippen molar-refractivity contribution in [2.75, 3.05) is 32.6 Å². The zero-order valence-electron chi connectivity index (χ0n) is 21.7. The van der Waals surface area contributed by atoms with Gasteiger partial charge in [0, 0.05) is 23.5 Å². The Bertz CT molecular complexity index is 1260. The predicted molar refractivity (Wildman–Crippen MR) is 143 cm³/mol. The topological polar surface area (TPSA) is 110 Å². The van der Waals surface area contributed by atoms with E-state index in [1.165, 1.54) is 40.5 Å². The molecule has 2 N–H and O–H groups in total. The van der Waals surface area contributed by atoms with Crippen molar-refractivity contribution in [3.05, 3.63) is 70.5 Å². The number of benzene rings is 2. The van der Waals surface area contributed by atoms with Crippen molar-refractivity contribution < 1.29 is 28.2 Å². The Morgan fingerprint density at radius 2 is 1.74 bits per heavy atom. The van der Waals surface area contributed by atoms with E-state index in [2.05, 4.69) is 15.6 Å². The molecule has 3 aromatic rings. The van der Waals surface area contributed by atoms with Gasteiger partial charge < -0.3 is 25.0 Å². The summed E-state index contributed by atoms with van der Waals surface area (Å²) in [5.74, 6) is -0.159. The maximum atomic E-state index is 13.2. The third-order valence-corrected chi connectivity index (χ3v) is 6.42. The summed E-state index contributed by atoms with van der Waals surface area (Å²) in [6.45, 7) is 3.83. The van der Waals surface area contributed by atoms with E-state index in [9.17, 15) is 18.8 Å². The molecule has 0 aliphatic carbocycles. The number of thiazole rings is 1. The van der Waals surface area contributed by atoms with Gasteiger partial charge in [-0.1, -0.05) is 6.07 Å². The quantitative estimate of drug-likeness (QED) is 0.361. The number of carbonyl (C=O) groups excluding carboxylic acids is 3. The highest BCUT2D eigenvalue weighted by molar-refractivity contribution is 7.13. The minimum Gasteiger partial charge on any atom is -0.493 e. The molecule has 0 spiro atoms. The van der Waals surface area contributed by atoms with Gasteiger partial charge in [0.25, 0.3) is 5.91 Å². The van der Waals surface area contributed by atoms with Gasteiger partial charge in [-0.25, -0.2) is 9.37 Å². The van der Waals surface area contributed by atoms with Crippen LogP contribution in [-0.2, 0) is 22.4 Å². The van der Waals surface area contributed by atoms with Crippen LogP contribution in [0.1, 0.15) is 35.5 Å². The van der Waals surface area contributed by atoms with Gasteiger partial charge in [0.15, 0.2) is 16.6 Å². The van der Waals surface area contributed by atoms with Crippen molar-refractivity contribution in [3.63, 3.8) is 0 Å². The minimum atomic E-state index is -0.443. The van der Waals surface area contributed by atoms with E-state index in [1.54, 1.807) is 33.4 Å². The van der Waals surface area contributed by atoms with Crippen molar-refractivity contribution in [1.82, 2.24) is 15.2 Å². The molecule has 0 saturated carbocycles. The molecule has 11 heteroatoms. The summed E-state index contributed by atoms with van der Waals surface area (Å²) in [5, 5.41) is 7.58. The van der Waals surface area contributed by atoms with Crippen LogP contribution in [0.5, 0.6) is 11.5 Å². The molecule has 202 valence electrons. The van der Waals surface area contributed by atoms with Crippen LogP contribution in [0.25, 0.3) is 0 Å². The van der Waals surface area contributed by atoms with Gasteiger partial charge in [0.05, 0.1) is 26.3 Å². The van der Waals surface area contributed by atoms with Crippen LogP contribution in [-0.4, -0.2) is 61.0 Å². The Labute approximate surface area is 225 Å². The molecule has 1 heterocycles. The molecule has 3 rings (SSSR count). The summed E-state index contributed by atoms with van der Waals surface area (Å²) in [6, 6.07) is 10.5. The monoisotopic (exact) mass is 542 g/mol. The highest BCUT2D eigenvalue weighted by Crippen LogP contribution is 2.27. The lowest BCUT2D eigenvalue weighted by molar-refractivity contribution is -0.120. The number of nitrogens with one attached hydrogen (secondary N) is 2. The van der Waals surface area contributed by atoms with Crippen molar-refractivity contribution in [3.8, 4) is 11.5 Å². The number of methoxy groups -OCH3 is 2. The number of hydrogen-bond donors (Lipinski definition) is 2. The largest absolute Gasteiger partial charge is 0.493 e. The number of amides is 3. The lowest BCUT2D eigenvalue weighted by atomic mass is 10.1. The molecule has 0 atom stereocenters. The van der Waals surface area contributed by atoms with Crippen molar-refractivity contribution in [1.29, 1.82) is 0 Å². The number of carbonyl (C=O) groups is 3. The average Bonchev–Trinajstić information content (AvgIpc) is 3.33. The van der Waals surface area contributed by atoms with E-state index in [-0.39, 0.29) is 30.8 Å². The summed E-state index contributed by atoms with van der Waals surface area (Å²) in [4.78, 5) is 43.5. The SMILES string of the molecule is COc1ccc(CCNC(=O)Cc2csc(NC(=O)CN(C(=O)c3ccc(F)cc3)C(C)C)n2)cc1OC. The van der Waals surface area contributed by atoms with Gasteiger partial charge in [-0.3, -0.25) is 14.4 Å². The Morgan fingerprint density at radius 3 is 2.39 bits per heavy atom.